The Morgan fingerprint density at radius 2 is 1.64 bits per heavy atom. The smallest absolute Gasteiger partial charge is 0.346 e. The van der Waals surface area contributed by atoms with Gasteiger partial charge in [0.2, 0.25) is 11.4 Å². The van der Waals surface area contributed by atoms with Crippen molar-refractivity contribution in [2.45, 2.75) is 32.3 Å². The molecule has 1 aromatic rings. The number of hydrogen-bond donors (Lipinski definition) is 1. The van der Waals surface area contributed by atoms with Gasteiger partial charge >= 0.3 is 11.9 Å². The quantitative estimate of drug-likeness (QED) is 0.445. The van der Waals surface area contributed by atoms with Gasteiger partial charge in [-0.3, -0.25) is 9.59 Å². The number of esters is 2. The molecule has 0 aliphatic rings. The molecule has 0 fully saturated rings. The van der Waals surface area contributed by atoms with Crippen molar-refractivity contribution in [1.82, 2.24) is 0 Å². The second-order valence-electron chi connectivity index (χ2n) is 4.58. The first kappa shape index (κ1) is 17.8. The average molecular weight is 308 g/mol. The standard InChI is InChI=1S/C16H20O6/c1-3-21-13(17)10-11-16(20,15(19)22-4-2)14(18)12-8-6-5-7-9-12/h5-9,20H,3-4,10-11H2,1-2H3. The summed E-state index contributed by atoms with van der Waals surface area (Å²) in [5.41, 5.74) is -2.23. The lowest BCUT2D eigenvalue weighted by Crippen LogP contribution is -2.48. The Hall–Kier alpha value is -2.21. The normalized spacial score (nSPS) is 13.0. The molecule has 1 aromatic carbocycles. The van der Waals surface area contributed by atoms with E-state index in [4.69, 9.17) is 9.47 Å². The highest BCUT2D eigenvalue weighted by molar-refractivity contribution is 6.15. The van der Waals surface area contributed by atoms with E-state index in [1.165, 1.54) is 12.1 Å². The van der Waals surface area contributed by atoms with Gasteiger partial charge < -0.3 is 14.6 Å². The zero-order chi connectivity index (χ0) is 16.6. The first-order chi connectivity index (χ1) is 10.5. The maximum absolute atomic E-state index is 12.5. The summed E-state index contributed by atoms with van der Waals surface area (Å²) in [5.74, 6) is -2.45. The summed E-state index contributed by atoms with van der Waals surface area (Å²) in [6, 6.07) is 7.90. The van der Waals surface area contributed by atoms with Crippen molar-refractivity contribution in [2.75, 3.05) is 13.2 Å². The summed E-state index contributed by atoms with van der Waals surface area (Å²) in [5, 5.41) is 10.5. The summed E-state index contributed by atoms with van der Waals surface area (Å²) in [6.45, 7) is 3.41. The third kappa shape index (κ3) is 4.39. The summed E-state index contributed by atoms with van der Waals surface area (Å²) >= 11 is 0. The second kappa shape index (κ2) is 8.29. The van der Waals surface area contributed by atoms with Gasteiger partial charge in [-0.15, -0.1) is 0 Å². The number of ketones is 1. The van der Waals surface area contributed by atoms with Crippen molar-refractivity contribution >= 4 is 17.7 Å². The number of rotatable bonds is 8. The van der Waals surface area contributed by atoms with Crippen LogP contribution in [0.25, 0.3) is 0 Å². The van der Waals surface area contributed by atoms with Crippen LogP contribution in [0.4, 0.5) is 0 Å². The van der Waals surface area contributed by atoms with Crippen LogP contribution in [0.1, 0.15) is 37.0 Å². The Bertz CT molecular complexity index is 525. The Balaban J connectivity index is 2.98. The van der Waals surface area contributed by atoms with Crippen molar-refractivity contribution in [2.24, 2.45) is 0 Å². The van der Waals surface area contributed by atoms with E-state index >= 15 is 0 Å². The number of aliphatic hydroxyl groups is 1. The third-order valence-electron chi connectivity index (χ3n) is 3.02. The van der Waals surface area contributed by atoms with E-state index in [0.717, 1.165) is 0 Å². The van der Waals surface area contributed by atoms with E-state index in [2.05, 4.69) is 0 Å². The molecule has 0 amide bonds. The molecule has 0 bridgehead atoms. The van der Waals surface area contributed by atoms with E-state index in [9.17, 15) is 19.5 Å². The highest BCUT2D eigenvalue weighted by atomic mass is 16.6. The van der Waals surface area contributed by atoms with Crippen molar-refractivity contribution in [3.05, 3.63) is 35.9 Å². The fourth-order valence-electron chi connectivity index (χ4n) is 1.90. The van der Waals surface area contributed by atoms with Crippen LogP contribution in [0.5, 0.6) is 0 Å². The molecular formula is C16H20O6. The van der Waals surface area contributed by atoms with Crippen molar-refractivity contribution < 1.29 is 29.0 Å². The molecule has 0 aromatic heterocycles. The van der Waals surface area contributed by atoms with Crippen LogP contribution >= 0.6 is 0 Å². The fourth-order valence-corrected chi connectivity index (χ4v) is 1.90. The van der Waals surface area contributed by atoms with Gasteiger partial charge in [-0.2, -0.15) is 0 Å². The minimum Gasteiger partial charge on any atom is -0.466 e. The first-order valence-corrected chi connectivity index (χ1v) is 7.10. The zero-order valence-electron chi connectivity index (χ0n) is 12.7. The minimum absolute atomic E-state index is 0.0165. The number of carbonyl (C=O) groups excluding carboxylic acids is 3. The van der Waals surface area contributed by atoms with Crippen LogP contribution < -0.4 is 0 Å². The molecule has 1 unspecified atom stereocenters. The van der Waals surface area contributed by atoms with Gasteiger partial charge in [0, 0.05) is 18.4 Å². The topological polar surface area (TPSA) is 89.9 Å². The fraction of sp³-hybridized carbons (Fsp3) is 0.438. The minimum atomic E-state index is -2.40. The van der Waals surface area contributed by atoms with E-state index in [1.54, 1.807) is 32.0 Å². The van der Waals surface area contributed by atoms with Crippen molar-refractivity contribution in [3.8, 4) is 0 Å². The molecule has 0 aliphatic heterocycles. The highest BCUT2D eigenvalue weighted by Crippen LogP contribution is 2.22. The first-order valence-electron chi connectivity index (χ1n) is 7.10. The zero-order valence-corrected chi connectivity index (χ0v) is 12.7. The van der Waals surface area contributed by atoms with Gasteiger partial charge in [-0.05, 0) is 13.8 Å². The van der Waals surface area contributed by atoms with Gasteiger partial charge in [0.25, 0.3) is 0 Å². The second-order valence-corrected chi connectivity index (χ2v) is 4.58. The summed E-state index contributed by atoms with van der Waals surface area (Å²) in [6.07, 6.45) is -0.653. The monoisotopic (exact) mass is 308 g/mol. The molecule has 0 saturated heterocycles. The predicted molar refractivity (Wildman–Crippen MR) is 78.2 cm³/mol. The molecule has 1 N–H and O–H groups in total. The molecule has 120 valence electrons. The molecule has 0 radical (unpaired) electrons. The van der Waals surface area contributed by atoms with Gasteiger partial charge in [-0.25, -0.2) is 4.79 Å². The van der Waals surface area contributed by atoms with E-state index in [0.29, 0.717) is 0 Å². The number of ether oxygens (including phenoxy) is 2. The number of benzene rings is 1. The lowest BCUT2D eigenvalue weighted by molar-refractivity contribution is -0.161. The summed E-state index contributed by atoms with van der Waals surface area (Å²) < 4.78 is 9.53. The molecule has 6 nitrogen and oxygen atoms in total. The Morgan fingerprint density at radius 1 is 1.05 bits per heavy atom. The Labute approximate surface area is 129 Å². The Kier molecular flexibility index (Phi) is 6.72. The van der Waals surface area contributed by atoms with Crippen molar-refractivity contribution in [3.63, 3.8) is 0 Å². The van der Waals surface area contributed by atoms with Crippen LogP contribution in [-0.2, 0) is 19.1 Å². The maximum atomic E-state index is 12.5. The molecule has 1 rings (SSSR count). The average Bonchev–Trinajstić information content (AvgIpc) is 2.53. The van der Waals surface area contributed by atoms with Crippen LogP contribution in [0.15, 0.2) is 30.3 Å². The van der Waals surface area contributed by atoms with Crippen LogP contribution in [0, 0.1) is 0 Å². The van der Waals surface area contributed by atoms with Crippen molar-refractivity contribution in [1.29, 1.82) is 0 Å². The summed E-state index contributed by atoms with van der Waals surface area (Å²) in [7, 11) is 0. The largest absolute Gasteiger partial charge is 0.466 e. The molecule has 22 heavy (non-hydrogen) atoms. The Morgan fingerprint density at radius 3 is 2.18 bits per heavy atom. The molecule has 0 heterocycles. The SMILES string of the molecule is CCOC(=O)CCC(O)(C(=O)OCC)C(=O)c1ccccc1. The molecule has 0 spiro atoms. The van der Waals surface area contributed by atoms with E-state index < -0.39 is 29.7 Å². The van der Waals surface area contributed by atoms with Gasteiger partial charge in [0.1, 0.15) is 0 Å². The number of carbonyl (C=O) groups is 3. The van der Waals surface area contributed by atoms with Crippen LogP contribution in [0.2, 0.25) is 0 Å². The third-order valence-corrected chi connectivity index (χ3v) is 3.02. The van der Waals surface area contributed by atoms with Gasteiger partial charge in [-0.1, -0.05) is 30.3 Å². The molecule has 1 atom stereocenters. The predicted octanol–water partition coefficient (Wildman–Crippen LogP) is 1.51. The lowest BCUT2D eigenvalue weighted by Gasteiger charge is -2.24. The molecular weight excluding hydrogens is 288 g/mol. The van der Waals surface area contributed by atoms with Crippen LogP contribution in [-0.4, -0.2) is 41.6 Å². The highest BCUT2D eigenvalue weighted by Gasteiger charge is 2.45. The lowest BCUT2D eigenvalue weighted by atomic mass is 9.88. The van der Waals surface area contributed by atoms with E-state index in [-0.39, 0.29) is 25.2 Å². The van der Waals surface area contributed by atoms with Gasteiger partial charge in [0.15, 0.2) is 0 Å². The maximum Gasteiger partial charge on any atom is 0.346 e. The molecule has 0 aliphatic carbocycles. The van der Waals surface area contributed by atoms with Gasteiger partial charge in [0.05, 0.1) is 13.2 Å². The van der Waals surface area contributed by atoms with Crippen LogP contribution in [0.3, 0.4) is 0 Å². The molecule has 0 saturated carbocycles. The van der Waals surface area contributed by atoms with E-state index in [1.807, 2.05) is 0 Å². The molecule has 6 heteroatoms. The number of Topliss-reactive ketones (excluding diaryl/α,β-unsaturated/α-hetero) is 1. The summed E-state index contributed by atoms with van der Waals surface area (Å²) in [4.78, 5) is 35.9. The number of hydrogen-bond acceptors (Lipinski definition) is 6.